The molecule has 8 heteroatoms. The minimum absolute atomic E-state index is 0. The van der Waals surface area contributed by atoms with Crippen LogP contribution in [0.5, 0.6) is 0 Å². The number of H-pyrrole nitrogens is 1. The number of ether oxygens (including phenoxy) is 1. The number of aromatic amines is 1. The van der Waals surface area contributed by atoms with Gasteiger partial charge in [-0.05, 0) is 74.9 Å². The number of fused-ring (bicyclic) bond motifs is 1. The standard InChI is InChI=1S/C31H42N4O2.2ClH/c1-23-8-6-9-24(2)29(23)25-12-15-34(16-13-25)22-27-26-10-4-5-11-28(26)32-30(27)31(36)35-19-17-33(18-20-35)14-7-21-37-3;;/h4-6,8-11,25,32H,7,12-22H2,1-3H3;2*1H. The lowest BCUT2D eigenvalue weighted by Gasteiger charge is -2.35. The summed E-state index contributed by atoms with van der Waals surface area (Å²) in [5.74, 6) is 0.773. The van der Waals surface area contributed by atoms with Crippen molar-refractivity contribution < 1.29 is 9.53 Å². The van der Waals surface area contributed by atoms with E-state index in [0.717, 1.165) is 82.2 Å². The number of amides is 1. The van der Waals surface area contributed by atoms with Crippen LogP contribution in [-0.4, -0.2) is 85.1 Å². The predicted molar refractivity (Wildman–Crippen MR) is 165 cm³/mol. The Balaban J connectivity index is 0.00000210. The van der Waals surface area contributed by atoms with Crippen molar-refractivity contribution in [2.75, 3.05) is 59.5 Å². The zero-order valence-corrected chi connectivity index (χ0v) is 25.2. The van der Waals surface area contributed by atoms with Crippen LogP contribution in [0.4, 0.5) is 0 Å². The number of para-hydroxylation sites is 1. The smallest absolute Gasteiger partial charge is 0.270 e. The van der Waals surface area contributed by atoms with Crippen LogP contribution in [0.1, 0.15) is 57.9 Å². The number of methoxy groups -OCH3 is 1. The number of rotatable bonds is 8. The van der Waals surface area contributed by atoms with Gasteiger partial charge in [0.1, 0.15) is 5.69 Å². The first-order chi connectivity index (χ1) is 18.0. The fourth-order valence-corrected chi connectivity index (χ4v) is 6.39. The molecule has 0 aliphatic carbocycles. The molecule has 0 unspecified atom stereocenters. The molecular weight excluding hydrogens is 531 g/mol. The number of aryl methyl sites for hydroxylation is 2. The monoisotopic (exact) mass is 574 g/mol. The van der Waals surface area contributed by atoms with Gasteiger partial charge in [0.15, 0.2) is 0 Å². The number of halogens is 2. The van der Waals surface area contributed by atoms with Crippen molar-refractivity contribution in [1.29, 1.82) is 0 Å². The van der Waals surface area contributed by atoms with Gasteiger partial charge >= 0.3 is 0 Å². The quantitative estimate of drug-likeness (QED) is 0.345. The number of carbonyl (C=O) groups excluding carboxylic acids is 1. The van der Waals surface area contributed by atoms with E-state index in [1.54, 1.807) is 12.7 Å². The van der Waals surface area contributed by atoms with E-state index in [2.05, 4.69) is 65.0 Å². The van der Waals surface area contributed by atoms with Crippen LogP contribution in [0.2, 0.25) is 0 Å². The van der Waals surface area contributed by atoms with Crippen molar-refractivity contribution in [1.82, 2.24) is 19.7 Å². The first kappa shape index (κ1) is 31.4. The highest BCUT2D eigenvalue weighted by molar-refractivity contribution is 6.01. The minimum Gasteiger partial charge on any atom is -0.385 e. The summed E-state index contributed by atoms with van der Waals surface area (Å²) in [6.45, 7) is 12.7. The van der Waals surface area contributed by atoms with Gasteiger partial charge in [0.25, 0.3) is 5.91 Å². The average molecular weight is 576 g/mol. The van der Waals surface area contributed by atoms with Crippen molar-refractivity contribution in [2.24, 2.45) is 0 Å². The Morgan fingerprint density at radius 1 is 0.897 bits per heavy atom. The number of benzene rings is 2. The number of nitrogens with one attached hydrogen (secondary N) is 1. The van der Waals surface area contributed by atoms with Crippen LogP contribution in [0, 0.1) is 13.8 Å². The zero-order chi connectivity index (χ0) is 25.8. The van der Waals surface area contributed by atoms with Gasteiger partial charge in [0.2, 0.25) is 0 Å². The Labute approximate surface area is 245 Å². The summed E-state index contributed by atoms with van der Waals surface area (Å²) in [7, 11) is 1.75. The molecule has 0 atom stereocenters. The molecule has 2 fully saturated rings. The second-order valence-corrected chi connectivity index (χ2v) is 10.9. The van der Waals surface area contributed by atoms with Crippen molar-refractivity contribution >= 4 is 41.6 Å². The molecule has 3 heterocycles. The van der Waals surface area contributed by atoms with Gasteiger partial charge in [-0.3, -0.25) is 14.6 Å². The lowest BCUT2D eigenvalue weighted by molar-refractivity contribution is 0.0617. The summed E-state index contributed by atoms with van der Waals surface area (Å²) >= 11 is 0. The zero-order valence-electron chi connectivity index (χ0n) is 23.6. The maximum absolute atomic E-state index is 13.7. The molecule has 3 aromatic rings. The summed E-state index contributed by atoms with van der Waals surface area (Å²) < 4.78 is 5.19. The van der Waals surface area contributed by atoms with Crippen molar-refractivity contribution in [3.8, 4) is 0 Å². The van der Waals surface area contributed by atoms with Crippen LogP contribution >= 0.6 is 24.8 Å². The number of carbonyl (C=O) groups is 1. The van der Waals surface area contributed by atoms with Gasteiger partial charge in [-0.2, -0.15) is 0 Å². The Morgan fingerprint density at radius 3 is 2.23 bits per heavy atom. The normalized spacial score (nSPS) is 17.2. The number of aromatic nitrogens is 1. The predicted octanol–water partition coefficient (Wildman–Crippen LogP) is 5.80. The van der Waals surface area contributed by atoms with Gasteiger partial charge in [0, 0.05) is 69.5 Å². The van der Waals surface area contributed by atoms with Gasteiger partial charge in [0.05, 0.1) is 0 Å². The summed E-state index contributed by atoms with van der Waals surface area (Å²) in [6.07, 6.45) is 3.38. The van der Waals surface area contributed by atoms with Gasteiger partial charge in [-0.1, -0.05) is 36.4 Å². The minimum atomic E-state index is 0. The molecule has 2 aromatic carbocycles. The van der Waals surface area contributed by atoms with Crippen LogP contribution in [-0.2, 0) is 11.3 Å². The third-order valence-electron chi connectivity index (χ3n) is 8.43. The largest absolute Gasteiger partial charge is 0.385 e. The molecular formula is C31H44Cl2N4O2. The Kier molecular flexibility index (Phi) is 11.7. The van der Waals surface area contributed by atoms with Gasteiger partial charge in [-0.25, -0.2) is 0 Å². The lowest BCUT2D eigenvalue weighted by Crippen LogP contribution is -2.49. The van der Waals surface area contributed by atoms with E-state index in [1.165, 1.54) is 29.4 Å². The maximum Gasteiger partial charge on any atom is 0.270 e. The van der Waals surface area contributed by atoms with E-state index < -0.39 is 0 Å². The molecule has 6 nitrogen and oxygen atoms in total. The third-order valence-corrected chi connectivity index (χ3v) is 8.43. The van der Waals surface area contributed by atoms with E-state index in [-0.39, 0.29) is 30.7 Å². The van der Waals surface area contributed by atoms with E-state index in [4.69, 9.17) is 4.74 Å². The van der Waals surface area contributed by atoms with Gasteiger partial charge < -0.3 is 14.6 Å². The van der Waals surface area contributed by atoms with Crippen LogP contribution < -0.4 is 0 Å². The van der Waals surface area contributed by atoms with Crippen molar-refractivity contribution in [3.63, 3.8) is 0 Å². The number of likely N-dealkylation sites (tertiary alicyclic amines) is 1. The molecule has 0 saturated carbocycles. The molecule has 1 N–H and O–H groups in total. The Bertz CT molecular complexity index is 1190. The highest BCUT2D eigenvalue weighted by atomic mass is 35.5. The summed E-state index contributed by atoms with van der Waals surface area (Å²) in [5.41, 5.74) is 7.39. The molecule has 39 heavy (non-hydrogen) atoms. The van der Waals surface area contributed by atoms with E-state index >= 15 is 0 Å². The molecule has 2 saturated heterocycles. The van der Waals surface area contributed by atoms with Gasteiger partial charge in [-0.15, -0.1) is 24.8 Å². The lowest BCUT2D eigenvalue weighted by atomic mass is 9.84. The SMILES string of the molecule is COCCCN1CCN(C(=O)c2[nH]c3ccccc3c2CN2CCC(c3c(C)cccc3C)CC2)CC1.Cl.Cl. The summed E-state index contributed by atoms with van der Waals surface area (Å²) in [6, 6.07) is 15.0. The fourth-order valence-electron chi connectivity index (χ4n) is 6.39. The van der Waals surface area contributed by atoms with Crippen LogP contribution in [0.25, 0.3) is 10.9 Å². The second kappa shape index (κ2) is 14.5. The number of piperazine rings is 1. The molecule has 5 rings (SSSR count). The maximum atomic E-state index is 13.7. The molecule has 214 valence electrons. The third kappa shape index (κ3) is 7.17. The van der Waals surface area contributed by atoms with Crippen LogP contribution in [0.15, 0.2) is 42.5 Å². The Morgan fingerprint density at radius 2 is 1.56 bits per heavy atom. The Hall–Kier alpha value is -2.09. The van der Waals surface area contributed by atoms with Crippen molar-refractivity contribution in [3.05, 3.63) is 70.4 Å². The van der Waals surface area contributed by atoms with Crippen LogP contribution in [0.3, 0.4) is 0 Å². The average Bonchev–Trinajstić information content (AvgIpc) is 3.28. The molecule has 0 spiro atoms. The molecule has 1 amide bonds. The van der Waals surface area contributed by atoms with E-state index in [1.807, 2.05) is 11.0 Å². The molecule has 2 aliphatic heterocycles. The molecule has 0 radical (unpaired) electrons. The first-order valence-corrected chi connectivity index (χ1v) is 13.9. The summed E-state index contributed by atoms with van der Waals surface area (Å²) in [4.78, 5) is 24.3. The number of piperidine rings is 1. The first-order valence-electron chi connectivity index (χ1n) is 13.9. The highest BCUT2D eigenvalue weighted by Gasteiger charge is 2.28. The highest BCUT2D eigenvalue weighted by Crippen LogP contribution is 2.34. The van der Waals surface area contributed by atoms with E-state index in [0.29, 0.717) is 5.92 Å². The summed E-state index contributed by atoms with van der Waals surface area (Å²) in [5, 5.41) is 1.18. The molecule has 0 bridgehead atoms. The number of nitrogens with zero attached hydrogens (tertiary/aromatic N) is 3. The molecule has 2 aliphatic rings. The fraction of sp³-hybridized carbons (Fsp3) is 0.516. The number of hydrogen-bond donors (Lipinski definition) is 1. The van der Waals surface area contributed by atoms with E-state index in [9.17, 15) is 4.79 Å². The topological polar surface area (TPSA) is 51.8 Å². The molecule has 1 aromatic heterocycles. The second-order valence-electron chi connectivity index (χ2n) is 10.9. The number of hydrogen-bond acceptors (Lipinski definition) is 4. The van der Waals surface area contributed by atoms with Crippen molar-refractivity contribution in [2.45, 2.75) is 45.6 Å².